The fourth-order valence-electron chi connectivity index (χ4n) is 3.48. The fourth-order valence-corrected chi connectivity index (χ4v) is 3.48. The van der Waals surface area contributed by atoms with Crippen molar-refractivity contribution in [2.24, 2.45) is 11.8 Å². The summed E-state index contributed by atoms with van der Waals surface area (Å²) in [5.74, 6) is -0.146. The van der Waals surface area contributed by atoms with Gasteiger partial charge in [0.15, 0.2) is 0 Å². The van der Waals surface area contributed by atoms with Crippen molar-refractivity contribution >= 4 is 11.8 Å². The standard InChI is InChI=1S/C28H38O4/c1-20(17-21-11-9-8-10-12-21)25(29)19-23(26(30)32-28(5,6)7)18-22-13-15-24(16-14-22)31-27(2,3)4/h8-16,20,23H,17-19H2,1-7H3/t20-,23+/m0/s1. The van der Waals surface area contributed by atoms with E-state index in [1.165, 1.54) is 0 Å². The van der Waals surface area contributed by atoms with Crippen LogP contribution in [0, 0.1) is 11.8 Å². The number of hydrogen-bond acceptors (Lipinski definition) is 4. The van der Waals surface area contributed by atoms with Gasteiger partial charge in [0.05, 0.1) is 5.92 Å². The highest BCUT2D eigenvalue weighted by Crippen LogP contribution is 2.24. The molecule has 0 saturated carbocycles. The average Bonchev–Trinajstić information content (AvgIpc) is 2.67. The number of carbonyl (C=O) groups excluding carboxylic acids is 2. The molecular weight excluding hydrogens is 400 g/mol. The fraction of sp³-hybridized carbons (Fsp3) is 0.500. The predicted octanol–water partition coefficient (Wildman–Crippen LogP) is 6.20. The zero-order chi connectivity index (χ0) is 23.9. The van der Waals surface area contributed by atoms with Gasteiger partial charge in [-0.1, -0.05) is 49.4 Å². The van der Waals surface area contributed by atoms with Crippen LogP contribution in [0.15, 0.2) is 54.6 Å². The highest BCUT2D eigenvalue weighted by Gasteiger charge is 2.29. The van der Waals surface area contributed by atoms with Gasteiger partial charge in [-0.3, -0.25) is 9.59 Å². The molecule has 0 saturated heterocycles. The molecule has 0 bridgehead atoms. The molecule has 0 amide bonds. The van der Waals surface area contributed by atoms with E-state index in [0.717, 1.165) is 16.9 Å². The van der Waals surface area contributed by atoms with Gasteiger partial charge in [-0.2, -0.15) is 0 Å². The second-order valence-electron chi connectivity index (χ2n) is 10.6. The van der Waals surface area contributed by atoms with Crippen LogP contribution < -0.4 is 4.74 Å². The van der Waals surface area contributed by atoms with Crippen LogP contribution in [-0.2, 0) is 27.2 Å². The van der Waals surface area contributed by atoms with Gasteiger partial charge >= 0.3 is 5.97 Å². The van der Waals surface area contributed by atoms with Crippen LogP contribution in [0.1, 0.15) is 66.0 Å². The number of esters is 1. The van der Waals surface area contributed by atoms with E-state index in [2.05, 4.69) is 0 Å². The van der Waals surface area contributed by atoms with Gasteiger partial charge in [-0.15, -0.1) is 0 Å². The molecule has 0 aromatic heterocycles. The quantitative estimate of drug-likeness (QED) is 0.437. The number of Topliss-reactive ketones (excluding diaryl/α,β-unsaturated/α-hetero) is 1. The van der Waals surface area contributed by atoms with Crippen molar-refractivity contribution in [3.63, 3.8) is 0 Å². The Labute approximate surface area is 193 Å². The van der Waals surface area contributed by atoms with Gasteiger partial charge in [-0.25, -0.2) is 0 Å². The second kappa shape index (κ2) is 10.8. The number of carbonyl (C=O) groups is 2. The van der Waals surface area contributed by atoms with Gasteiger partial charge in [0, 0.05) is 12.3 Å². The normalized spacial score (nSPS) is 13.8. The zero-order valence-corrected chi connectivity index (χ0v) is 20.6. The first kappa shape index (κ1) is 25.6. The lowest BCUT2D eigenvalue weighted by Gasteiger charge is -2.25. The molecule has 0 N–H and O–H groups in total. The number of rotatable bonds is 9. The van der Waals surface area contributed by atoms with Crippen molar-refractivity contribution in [2.75, 3.05) is 0 Å². The van der Waals surface area contributed by atoms with Crippen molar-refractivity contribution in [3.8, 4) is 5.75 Å². The molecule has 2 atom stereocenters. The van der Waals surface area contributed by atoms with Gasteiger partial charge in [0.25, 0.3) is 0 Å². The predicted molar refractivity (Wildman–Crippen MR) is 129 cm³/mol. The van der Waals surface area contributed by atoms with Crippen molar-refractivity contribution in [1.82, 2.24) is 0 Å². The summed E-state index contributed by atoms with van der Waals surface area (Å²) in [6.07, 6.45) is 1.29. The summed E-state index contributed by atoms with van der Waals surface area (Å²) in [6, 6.07) is 17.7. The molecule has 0 aliphatic rings. The highest BCUT2D eigenvalue weighted by molar-refractivity contribution is 5.86. The lowest BCUT2D eigenvalue weighted by molar-refractivity contribution is -0.161. The molecule has 0 aliphatic heterocycles. The molecule has 0 heterocycles. The SMILES string of the molecule is C[C@@H](Cc1ccccc1)C(=O)C[C@@H](Cc1ccc(OC(C)(C)C)cc1)C(=O)OC(C)(C)C. The molecule has 32 heavy (non-hydrogen) atoms. The van der Waals surface area contributed by atoms with Gasteiger partial charge in [0.2, 0.25) is 0 Å². The summed E-state index contributed by atoms with van der Waals surface area (Å²) in [6.45, 7) is 13.5. The smallest absolute Gasteiger partial charge is 0.310 e. The highest BCUT2D eigenvalue weighted by atomic mass is 16.6. The third-order valence-corrected chi connectivity index (χ3v) is 4.95. The molecule has 4 heteroatoms. The van der Waals surface area contributed by atoms with E-state index in [-0.39, 0.29) is 29.7 Å². The molecule has 0 unspecified atom stereocenters. The van der Waals surface area contributed by atoms with Crippen molar-refractivity contribution < 1.29 is 19.1 Å². The Bertz CT molecular complexity index is 870. The average molecular weight is 439 g/mol. The van der Waals surface area contributed by atoms with Crippen LogP contribution in [0.4, 0.5) is 0 Å². The first-order chi connectivity index (χ1) is 14.8. The lowest BCUT2D eigenvalue weighted by atomic mass is 9.88. The monoisotopic (exact) mass is 438 g/mol. The summed E-state index contributed by atoms with van der Waals surface area (Å²) in [5.41, 5.74) is 1.22. The third-order valence-electron chi connectivity index (χ3n) is 4.95. The molecule has 174 valence electrons. The minimum atomic E-state index is -0.599. The minimum Gasteiger partial charge on any atom is -0.488 e. The molecule has 2 aromatic rings. The summed E-state index contributed by atoms with van der Waals surface area (Å²) < 4.78 is 11.5. The van der Waals surface area contributed by atoms with Gasteiger partial charge < -0.3 is 9.47 Å². The summed E-state index contributed by atoms with van der Waals surface area (Å²) >= 11 is 0. The van der Waals surface area contributed by atoms with E-state index in [9.17, 15) is 9.59 Å². The maximum Gasteiger partial charge on any atom is 0.310 e. The number of ether oxygens (including phenoxy) is 2. The van der Waals surface area contributed by atoms with Crippen LogP contribution >= 0.6 is 0 Å². The summed E-state index contributed by atoms with van der Waals surface area (Å²) in [7, 11) is 0. The molecule has 4 nitrogen and oxygen atoms in total. The van der Waals surface area contributed by atoms with Crippen molar-refractivity contribution in [2.45, 2.75) is 78.9 Å². The molecule has 0 aliphatic carbocycles. The van der Waals surface area contributed by atoms with Crippen LogP contribution in [0.3, 0.4) is 0 Å². The van der Waals surface area contributed by atoms with Crippen molar-refractivity contribution in [1.29, 1.82) is 0 Å². The maximum atomic E-state index is 13.0. The second-order valence-corrected chi connectivity index (χ2v) is 10.6. The Morgan fingerprint density at radius 2 is 1.34 bits per heavy atom. The van der Waals surface area contributed by atoms with Crippen LogP contribution in [0.5, 0.6) is 5.75 Å². The van der Waals surface area contributed by atoms with E-state index in [1.54, 1.807) is 0 Å². The van der Waals surface area contributed by atoms with Crippen LogP contribution in [-0.4, -0.2) is 23.0 Å². The largest absolute Gasteiger partial charge is 0.488 e. The van der Waals surface area contributed by atoms with Crippen LogP contribution in [0.2, 0.25) is 0 Å². The molecule has 0 fully saturated rings. The van der Waals surface area contributed by atoms with E-state index < -0.39 is 11.5 Å². The Morgan fingerprint density at radius 1 is 0.781 bits per heavy atom. The Hall–Kier alpha value is -2.62. The van der Waals surface area contributed by atoms with E-state index in [4.69, 9.17) is 9.47 Å². The number of ketones is 1. The third kappa shape index (κ3) is 9.25. The Balaban J connectivity index is 2.11. The van der Waals surface area contributed by atoms with E-state index in [1.807, 2.05) is 103 Å². The topological polar surface area (TPSA) is 52.6 Å². The minimum absolute atomic E-state index is 0.0809. The van der Waals surface area contributed by atoms with Crippen molar-refractivity contribution in [3.05, 3.63) is 65.7 Å². The molecular formula is C28H38O4. The first-order valence-corrected chi connectivity index (χ1v) is 11.4. The maximum absolute atomic E-state index is 13.0. The van der Waals surface area contributed by atoms with E-state index in [0.29, 0.717) is 12.8 Å². The summed E-state index contributed by atoms with van der Waals surface area (Å²) in [4.78, 5) is 25.9. The van der Waals surface area contributed by atoms with Gasteiger partial charge in [0.1, 0.15) is 22.7 Å². The van der Waals surface area contributed by atoms with E-state index >= 15 is 0 Å². The molecule has 2 aromatic carbocycles. The summed E-state index contributed by atoms with van der Waals surface area (Å²) in [5, 5.41) is 0. The Kier molecular flexibility index (Phi) is 8.65. The lowest BCUT2D eigenvalue weighted by Crippen LogP contribution is -2.32. The Morgan fingerprint density at radius 3 is 1.88 bits per heavy atom. The number of hydrogen-bond donors (Lipinski definition) is 0. The molecule has 0 radical (unpaired) electrons. The molecule has 2 rings (SSSR count). The number of benzene rings is 2. The van der Waals surface area contributed by atoms with Crippen LogP contribution in [0.25, 0.3) is 0 Å². The zero-order valence-electron chi connectivity index (χ0n) is 20.6. The van der Waals surface area contributed by atoms with Gasteiger partial charge in [-0.05, 0) is 77.6 Å². The molecule has 0 spiro atoms. The first-order valence-electron chi connectivity index (χ1n) is 11.4.